The Morgan fingerprint density at radius 3 is 1.74 bits per heavy atom. The van der Waals surface area contributed by atoms with Crippen LogP contribution in [0.4, 0.5) is 0 Å². The van der Waals surface area contributed by atoms with Crippen molar-refractivity contribution in [1.82, 2.24) is 0 Å². The SMILES string of the molecule is CC1=CC(O)CC(C)(C)C1/C=C/C(C)=C/C=C/C(C)=C/C=C/C=C(C)/C=C/C=C(C)/C=C/C1=C(C)CC(O)CC1(C)C.CSCC[C@H](N)C(=O)O.NCCCC[C@H](N)C(=O)O. The number of aliphatic hydroxyl groups excluding tert-OH is 2. The summed E-state index contributed by atoms with van der Waals surface area (Å²) in [7, 11) is 0. The van der Waals surface area contributed by atoms with Crippen molar-refractivity contribution < 1.29 is 30.0 Å². The molecule has 0 amide bonds. The molecule has 0 heterocycles. The van der Waals surface area contributed by atoms with Crippen molar-refractivity contribution in [1.29, 1.82) is 0 Å². The van der Waals surface area contributed by atoms with Gasteiger partial charge < -0.3 is 37.6 Å². The molecule has 10 N–H and O–H groups in total. The molecule has 2 rings (SSSR count). The minimum absolute atomic E-state index is 0.00528. The number of nitrogens with two attached hydrogens (primary N) is 3. The average Bonchev–Trinajstić information content (AvgIpc) is 3.14. The number of thioether (sulfide) groups is 1. The van der Waals surface area contributed by atoms with Gasteiger partial charge in [0.1, 0.15) is 12.1 Å². The Balaban J connectivity index is 0.00000156. The number of carboxylic acid groups (broad SMARTS) is 2. The lowest BCUT2D eigenvalue weighted by atomic mass is 9.67. The summed E-state index contributed by atoms with van der Waals surface area (Å²) in [5.41, 5.74) is 24.3. The van der Waals surface area contributed by atoms with Crippen LogP contribution in [0.2, 0.25) is 0 Å². The molecule has 0 saturated heterocycles. The predicted molar refractivity (Wildman–Crippen MR) is 261 cm³/mol. The van der Waals surface area contributed by atoms with E-state index in [1.54, 1.807) is 11.8 Å². The Hall–Kier alpha value is -3.77. The Kier molecular flexibility index (Phi) is 28.4. The second-order valence-electron chi connectivity index (χ2n) is 17.7. The lowest BCUT2D eigenvalue weighted by Gasteiger charge is -2.38. The molecular formula is C51H81N3O6S. The zero-order valence-electron chi connectivity index (χ0n) is 39.2. The van der Waals surface area contributed by atoms with E-state index in [0.717, 1.165) is 37.9 Å². The molecule has 0 radical (unpaired) electrons. The number of hydrogen-bond acceptors (Lipinski definition) is 8. The highest BCUT2D eigenvalue weighted by Gasteiger charge is 2.34. The number of unbranched alkanes of at least 4 members (excludes halogenated alkanes) is 1. The highest BCUT2D eigenvalue weighted by atomic mass is 32.2. The predicted octanol–water partition coefficient (Wildman–Crippen LogP) is 10.1. The highest BCUT2D eigenvalue weighted by Crippen LogP contribution is 2.42. The standard InChI is InChI=1S/C40H56O2.C6H14N2O2.C5H11NO2S/c1-29(17-13-19-31(3)21-23-37-33(5)25-35(41)27-39(37,7)8)15-11-12-16-30(2)18-14-20-32(4)22-24-38-34(6)26-36(42)28-40(38,9)10;7-4-2-1-3-5(8)6(9)10;1-9-3-2-4(6)5(7)8/h11-25,35-37,41-42H,26-28H2,1-10H3;5H,1-4,7-8H2,(H,9,10);4H,2-3,6H2,1H3,(H,7,8)/b12-11+,17-13+,18-14+,23-21+,24-22+,29-15+,30-16+,31-19+,32-20+;;/t;5-;4-/m.00/s1. The van der Waals surface area contributed by atoms with Crippen molar-refractivity contribution in [3.05, 3.63) is 130 Å². The van der Waals surface area contributed by atoms with Crippen LogP contribution < -0.4 is 17.2 Å². The number of allylic oxidation sites excluding steroid dienone is 20. The molecule has 3 unspecified atom stereocenters. The fraction of sp³-hybridized carbons (Fsp3) is 0.529. The number of aliphatic hydroxyl groups is 2. The molecule has 2 aliphatic rings. The van der Waals surface area contributed by atoms with E-state index in [4.69, 9.17) is 27.4 Å². The van der Waals surface area contributed by atoms with E-state index in [1.165, 1.54) is 39.0 Å². The van der Waals surface area contributed by atoms with E-state index >= 15 is 0 Å². The van der Waals surface area contributed by atoms with Crippen molar-refractivity contribution in [3.63, 3.8) is 0 Å². The third-order valence-electron chi connectivity index (χ3n) is 10.6. The zero-order chi connectivity index (χ0) is 46.8. The van der Waals surface area contributed by atoms with Crippen LogP contribution in [-0.4, -0.2) is 75.2 Å². The van der Waals surface area contributed by atoms with Crippen LogP contribution in [0.5, 0.6) is 0 Å². The molecule has 0 aromatic heterocycles. The molecule has 5 atom stereocenters. The third-order valence-corrected chi connectivity index (χ3v) is 11.2. The first-order valence-corrected chi connectivity index (χ1v) is 22.8. The minimum atomic E-state index is -0.933. The van der Waals surface area contributed by atoms with Crippen molar-refractivity contribution in [2.75, 3.05) is 18.6 Å². The van der Waals surface area contributed by atoms with Gasteiger partial charge in [0, 0.05) is 5.92 Å². The Labute approximate surface area is 373 Å². The minimum Gasteiger partial charge on any atom is -0.480 e. The van der Waals surface area contributed by atoms with Gasteiger partial charge in [0.15, 0.2) is 0 Å². The molecule has 9 nitrogen and oxygen atoms in total. The molecule has 2 aliphatic carbocycles. The first-order chi connectivity index (χ1) is 28.5. The lowest BCUT2D eigenvalue weighted by molar-refractivity contribution is -0.139. The van der Waals surface area contributed by atoms with Gasteiger partial charge in [0.2, 0.25) is 0 Å². The molecule has 0 aliphatic heterocycles. The van der Waals surface area contributed by atoms with E-state index in [-0.39, 0.29) is 23.0 Å². The fourth-order valence-electron chi connectivity index (χ4n) is 7.14. The van der Waals surface area contributed by atoms with Crippen LogP contribution in [-0.2, 0) is 9.59 Å². The van der Waals surface area contributed by atoms with Crippen molar-refractivity contribution in [2.45, 2.75) is 138 Å². The molecule has 0 fully saturated rings. The summed E-state index contributed by atoms with van der Waals surface area (Å²) in [6, 6.07) is -1.40. The van der Waals surface area contributed by atoms with Crippen molar-refractivity contribution in [2.24, 2.45) is 33.9 Å². The van der Waals surface area contributed by atoms with Crippen molar-refractivity contribution in [3.8, 4) is 0 Å². The summed E-state index contributed by atoms with van der Waals surface area (Å²) in [5.74, 6) is -0.685. The molecular weight excluding hydrogens is 783 g/mol. The molecule has 0 saturated carbocycles. The number of hydrogen-bond donors (Lipinski definition) is 7. The van der Waals surface area contributed by atoms with E-state index in [0.29, 0.717) is 25.3 Å². The Morgan fingerprint density at radius 2 is 1.26 bits per heavy atom. The summed E-state index contributed by atoms with van der Waals surface area (Å²) in [6.07, 6.45) is 38.4. The summed E-state index contributed by atoms with van der Waals surface area (Å²) in [6.45, 7) is 22.2. The average molecular weight is 864 g/mol. The molecule has 0 spiro atoms. The molecule has 0 aromatic rings. The van der Waals surface area contributed by atoms with Crippen molar-refractivity contribution >= 4 is 23.7 Å². The van der Waals surface area contributed by atoms with Crippen LogP contribution in [0.15, 0.2) is 130 Å². The van der Waals surface area contributed by atoms with Gasteiger partial charge in [-0.3, -0.25) is 9.59 Å². The Morgan fingerprint density at radius 1 is 0.770 bits per heavy atom. The highest BCUT2D eigenvalue weighted by molar-refractivity contribution is 7.98. The first kappa shape index (κ1) is 57.2. The van der Waals surface area contributed by atoms with E-state index in [2.05, 4.69) is 154 Å². The lowest BCUT2D eigenvalue weighted by Crippen LogP contribution is -2.32. The van der Waals surface area contributed by atoms with Gasteiger partial charge in [0.05, 0.1) is 12.2 Å². The van der Waals surface area contributed by atoms with Gasteiger partial charge in [-0.1, -0.05) is 159 Å². The molecule has 342 valence electrons. The molecule has 0 bridgehead atoms. The second-order valence-corrected chi connectivity index (χ2v) is 18.7. The topological polar surface area (TPSA) is 193 Å². The molecule has 61 heavy (non-hydrogen) atoms. The number of carboxylic acids is 2. The van der Waals surface area contributed by atoms with Crippen LogP contribution in [0, 0.1) is 16.7 Å². The van der Waals surface area contributed by atoms with E-state index in [1.807, 2.05) is 12.3 Å². The zero-order valence-corrected chi connectivity index (χ0v) is 40.0. The van der Waals surface area contributed by atoms with Gasteiger partial charge in [-0.2, -0.15) is 11.8 Å². The maximum atomic E-state index is 10.1. The summed E-state index contributed by atoms with van der Waals surface area (Å²) >= 11 is 1.60. The van der Waals surface area contributed by atoms with E-state index in [9.17, 15) is 19.8 Å². The maximum absolute atomic E-state index is 10.1. The van der Waals surface area contributed by atoms with Gasteiger partial charge in [-0.15, -0.1) is 0 Å². The largest absolute Gasteiger partial charge is 0.480 e. The van der Waals surface area contributed by atoms with Crippen LogP contribution in [0.25, 0.3) is 0 Å². The van der Waals surface area contributed by atoms with Crippen LogP contribution in [0.3, 0.4) is 0 Å². The number of carbonyl (C=O) groups is 2. The second kappa shape index (κ2) is 30.3. The van der Waals surface area contributed by atoms with Gasteiger partial charge in [-0.25, -0.2) is 0 Å². The summed E-state index contributed by atoms with van der Waals surface area (Å²) in [4.78, 5) is 20.2. The molecule has 10 heteroatoms. The number of rotatable bonds is 19. The smallest absolute Gasteiger partial charge is 0.320 e. The monoisotopic (exact) mass is 864 g/mol. The fourth-order valence-corrected chi connectivity index (χ4v) is 7.63. The third kappa shape index (κ3) is 25.7. The van der Waals surface area contributed by atoms with Crippen LogP contribution in [0.1, 0.15) is 114 Å². The molecule has 0 aromatic carbocycles. The van der Waals surface area contributed by atoms with Gasteiger partial charge in [0.25, 0.3) is 0 Å². The maximum Gasteiger partial charge on any atom is 0.320 e. The van der Waals surface area contributed by atoms with Gasteiger partial charge in [-0.05, 0) is 115 Å². The van der Waals surface area contributed by atoms with Gasteiger partial charge >= 0.3 is 11.9 Å². The Bertz CT molecular complexity index is 1720. The first-order valence-electron chi connectivity index (χ1n) is 21.5. The van der Waals surface area contributed by atoms with E-state index < -0.39 is 24.0 Å². The summed E-state index contributed by atoms with van der Waals surface area (Å²) in [5, 5.41) is 36.8. The normalized spacial score (nSPS) is 22.4. The number of aliphatic carboxylic acids is 2. The quantitative estimate of drug-likeness (QED) is 0.0373. The summed E-state index contributed by atoms with van der Waals surface area (Å²) < 4.78 is 0. The van der Waals surface area contributed by atoms with Crippen LogP contribution >= 0.6 is 11.8 Å².